The van der Waals surface area contributed by atoms with Crippen LogP contribution in [0.2, 0.25) is 0 Å². The number of benzene rings is 1. The van der Waals surface area contributed by atoms with E-state index < -0.39 is 0 Å². The fourth-order valence-electron chi connectivity index (χ4n) is 1.64. The Morgan fingerprint density at radius 3 is 1.88 bits per heavy atom. The molecule has 0 bridgehead atoms. The van der Waals surface area contributed by atoms with E-state index in [1.807, 2.05) is 13.8 Å². The number of hydrogen-bond acceptors (Lipinski definition) is 1. The lowest BCUT2D eigenvalue weighted by Crippen LogP contribution is -2.10. The molecule has 1 aromatic rings. The zero-order chi connectivity index (χ0) is 13.0. The van der Waals surface area contributed by atoms with Crippen LogP contribution in [0.5, 0.6) is 5.75 Å². The molecule has 0 aromatic heterocycles. The van der Waals surface area contributed by atoms with E-state index in [0.717, 1.165) is 5.75 Å². The summed E-state index contributed by atoms with van der Waals surface area (Å²) in [5.74, 6) is 2.23. The average molecular weight is 299 g/mol. The summed E-state index contributed by atoms with van der Waals surface area (Å²) in [6.45, 7) is 10.9. The quantitative estimate of drug-likeness (QED) is 0.679. The summed E-state index contributed by atoms with van der Waals surface area (Å²) in [6.07, 6.45) is 0.232. The van der Waals surface area contributed by atoms with E-state index in [1.165, 1.54) is 5.56 Å². The Hall–Kier alpha value is -0.500. The van der Waals surface area contributed by atoms with Gasteiger partial charge in [-0.1, -0.05) is 48.8 Å². The Morgan fingerprint density at radius 2 is 1.47 bits per heavy atom. The van der Waals surface area contributed by atoms with Gasteiger partial charge in [-0.3, -0.25) is 0 Å². The highest BCUT2D eigenvalue weighted by molar-refractivity contribution is 9.09. The van der Waals surface area contributed by atoms with Crippen molar-refractivity contribution < 1.29 is 4.74 Å². The van der Waals surface area contributed by atoms with E-state index in [0.29, 0.717) is 16.7 Å². The molecule has 0 N–H and O–H groups in total. The molecule has 0 radical (unpaired) electrons. The first kappa shape index (κ1) is 14.6. The molecule has 1 rings (SSSR count). The van der Waals surface area contributed by atoms with Crippen LogP contribution in [0.1, 0.15) is 45.0 Å². The van der Waals surface area contributed by atoms with Crippen LogP contribution >= 0.6 is 15.9 Å². The standard InChI is InChI=1S/C15H23BrO/c1-10(2)12(5)15(16)13-6-8-14(9-7-13)17-11(3)4/h6-12,15H,1-5H3. The predicted molar refractivity (Wildman–Crippen MR) is 77.9 cm³/mol. The van der Waals surface area contributed by atoms with Gasteiger partial charge in [0, 0.05) is 4.83 Å². The van der Waals surface area contributed by atoms with Gasteiger partial charge < -0.3 is 4.74 Å². The average Bonchev–Trinajstić information content (AvgIpc) is 2.27. The lowest BCUT2D eigenvalue weighted by atomic mass is 9.91. The van der Waals surface area contributed by atoms with Crippen molar-refractivity contribution >= 4 is 15.9 Å². The van der Waals surface area contributed by atoms with Gasteiger partial charge in [0.25, 0.3) is 0 Å². The second-order valence-corrected chi connectivity index (χ2v) is 6.23. The number of alkyl halides is 1. The molecule has 2 atom stereocenters. The van der Waals surface area contributed by atoms with Gasteiger partial charge in [0.05, 0.1) is 6.10 Å². The van der Waals surface area contributed by atoms with Gasteiger partial charge in [0.15, 0.2) is 0 Å². The largest absolute Gasteiger partial charge is 0.491 e. The molecule has 96 valence electrons. The van der Waals surface area contributed by atoms with Crippen molar-refractivity contribution in [3.63, 3.8) is 0 Å². The van der Waals surface area contributed by atoms with E-state index in [9.17, 15) is 0 Å². The lowest BCUT2D eigenvalue weighted by molar-refractivity contribution is 0.242. The fraction of sp³-hybridized carbons (Fsp3) is 0.600. The predicted octanol–water partition coefficient (Wildman–Crippen LogP) is 5.20. The van der Waals surface area contributed by atoms with E-state index in [-0.39, 0.29) is 6.10 Å². The Bertz CT molecular complexity index is 329. The van der Waals surface area contributed by atoms with Crippen molar-refractivity contribution in [2.45, 2.75) is 45.5 Å². The Morgan fingerprint density at radius 1 is 0.941 bits per heavy atom. The van der Waals surface area contributed by atoms with E-state index in [2.05, 4.69) is 61.0 Å². The molecule has 0 saturated carbocycles. The van der Waals surface area contributed by atoms with E-state index >= 15 is 0 Å². The molecule has 0 fully saturated rings. The van der Waals surface area contributed by atoms with Crippen LogP contribution in [0.15, 0.2) is 24.3 Å². The summed E-state index contributed by atoms with van der Waals surface area (Å²) in [5.41, 5.74) is 1.32. The third-order valence-corrected chi connectivity index (χ3v) is 4.45. The maximum Gasteiger partial charge on any atom is 0.119 e. The molecule has 0 aliphatic carbocycles. The third kappa shape index (κ3) is 4.34. The molecular weight excluding hydrogens is 276 g/mol. The Labute approximate surface area is 114 Å². The SMILES string of the molecule is CC(C)Oc1ccc(C(Br)C(C)C(C)C)cc1. The summed E-state index contributed by atoms with van der Waals surface area (Å²) < 4.78 is 5.64. The second-order valence-electron chi connectivity index (χ2n) is 5.24. The van der Waals surface area contributed by atoms with Crippen LogP contribution in [0, 0.1) is 11.8 Å². The van der Waals surface area contributed by atoms with Gasteiger partial charge in [0.2, 0.25) is 0 Å². The van der Waals surface area contributed by atoms with Crippen LogP contribution in [0.25, 0.3) is 0 Å². The highest BCUT2D eigenvalue weighted by Crippen LogP contribution is 2.35. The van der Waals surface area contributed by atoms with E-state index in [1.54, 1.807) is 0 Å². The highest BCUT2D eigenvalue weighted by Gasteiger charge is 2.19. The fourth-order valence-corrected chi connectivity index (χ4v) is 2.56. The molecule has 0 aliphatic rings. The molecule has 17 heavy (non-hydrogen) atoms. The minimum atomic E-state index is 0.232. The first-order valence-electron chi connectivity index (χ1n) is 6.32. The lowest BCUT2D eigenvalue weighted by Gasteiger charge is -2.22. The molecule has 0 heterocycles. The van der Waals surface area contributed by atoms with Gasteiger partial charge in [-0.05, 0) is 43.4 Å². The Kier molecular flexibility index (Phi) is 5.51. The number of hydrogen-bond donors (Lipinski definition) is 0. The van der Waals surface area contributed by atoms with E-state index in [4.69, 9.17) is 4.74 Å². The summed E-state index contributed by atoms with van der Waals surface area (Å²) in [5, 5.41) is 0. The first-order chi connectivity index (χ1) is 7.91. The maximum atomic E-state index is 5.64. The van der Waals surface area contributed by atoms with Crippen LogP contribution in [0.4, 0.5) is 0 Å². The van der Waals surface area contributed by atoms with Crippen molar-refractivity contribution in [2.75, 3.05) is 0 Å². The minimum absolute atomic E-state index is 0.232. The molecule has 0 amide bonds. The monoisotopic (exact) mass is 298 g/mol. The third-order valence-electron chi connectivity index (χ3n) is 3.08. The summed E-state index contributed by atoms with van der Waals surface area (Å²) >= 11 is 3.79. The summed E-state index contributed by atoms with van der Waals surface area (Å²) in [6, 6.07) is 8.40. The van der Waals surface area contributed by atoms with Gasteiger partial charge in [-0.25, -0.2) is 0 Å². The molecule has 1 nitrogen and oxygen atoms in total. The molecule has 0 saturated heterocycles. The molecule has 2 heteroatoms. The smallest absolute Gasteiger partial charge is 0.119 e. The number of rotatable bonds is 5. The second kappa shape index (κ2) is 6.44. The highest BCUT2D eigenvalue weighted by atomic mass is 79.9. The van der Waals surface area contributed by atoms with Gasteiger partial charge in [-0.15, -0.1) is 0 Å². The zero-order valence-electron chi connectivity index (χ0n) is 11.4. The van der Waals surface area contributed by atoms with Crippen molar-refractivity contribution in [3.8, 4) is 5.75 Å². The number of halogens is 1. The maximum absolute atomic E-state index is 5.64. The van der Waals surface area contributed by atoms with Crippen LogP contribution < -0.4 is 4.74 Å². The van der Waals surface area contributed by atoms with Crippen molar-refractivity contribution in [2.24, 2.45) is 11.8 Å². The zero-order valence-corrected chi connectivity index (χ0v) is 13.0. The molecule has 0 spiro atoms. The van der Waals surface area contributed by atoms with Gasteiger partial charge in [-0.2, -0.15) is 0 Å². The van der Waals surface area contributed by atoms with Crippen LogP contribution in [-0.2, 0) is 0 Å². The minimum Gasteiger partial charge on any atom is -0.491 e. The number of ether oxygens (including phenoxy) is 1. The summed E-state index contributed by atoms with van der Waals surface area (Å²) in [4.78, 5) is 0.413. The first-order valence-corrected chi connectivity index (χ1v) is 7.24. The molecule has 1 aromatic carbocycles. The van der Waals surface area contributed by atoms with Gasteiger partial charge >= 0.3 is 0 Å². The van der Waals surface area contributed by atoms with Crippen LogP contribution in [0.3, 0.4) is 0 Å². The van der Waals surface area contributed by atoms with Crippen LogP contribution in [-0.4, -0.2) is 6.10 Å². The summed E-state index contributed by atoms with van der Waals surface area (Å²) in [7, 11) is 0. The molecular formula is C15H23BrO. The molecule has 2 unspecified atom stereocenters. The van der Waals surface area contributed by atoms with Crippen molar-refractivity contribution in [3.05, 3.63) is 29.8 Å². The van der Waals surface area contributed by atoms with Gasteiger partial charge in [0.1, 0.15) is 5.75 Å². The normalized spacial score (nSPS) is 15.1. The topological polar surface area (TPSA) is 9.23 Å². The molecule has 0 aliphatic heterocycles. The van der Waals surface area contributed by atoms with Crippen molar-refractivity contribution in [1.82, 2.24) is 0 Å². The Balaban J connectivity index is 2.73. The van der Waals surface area contributed by atoms with Crippen molar-refractivity contribution in [1.29, 1.82) is 0 Å².